The number of carbonyl (C=O) groups excluding carboxylic acids is 1. The van der Waals surface area contributed by atoms with E-state index in [9.17, 15) is 4.79 Å². The van der Waals surface area contributed by atoms with E-state index in [1.54, 1.807) is 11.3 Å². The molecule has 0 spiro atoms. The molecule has 1 aliphatic rings. The maximum atomic E-state index is 12.0. The molecule has 0 aromatic carbocycles. The second-order valence-corrected chi connectivity index (χ2v) is 5.05. The maximum Gasteiger partial charge on any atom is 0.223 e. The molecule has 1 aromatic heterocycles. The first-order valence-electron chi connectivity index (χ1n) is 5.78. The van der Waals surface area contributed by atoms with Crippen LogP contribution in [-0.4, -0.2) is 36.5 Å². The Morgan fingerprint density at radius 3 is 3.25 bits per heavy atom. The summed E-state index contributed by atoms with van der Waals surface area (Å²) in [6.07, 6.45) is 1.51. The van der Waals surface area contributed by atoms with Crippen molar-refractivity contribution in [2.24, 2.45) is 0 Å². The van der Waals surface area contributed by atoms with Gasteiger partial charge in [-0.1, -0.05) is 0 Å². The normalized spacial score (nSPS) is 21.1. The van der Waals surface area contributed by atoms with E-state index in [0.717, 1.165) is 26.1 Å². The molecular weight excluding hydrogens is 220 g/mol. The van der Waals surface area contributed by atoms with Gasteiger partial charge in [0.2, 0.25) is 5.91 Å². The van der Waals surface area contributed by atoms with Crippen LogP contribution in [0.3, 0.4) is 0 Å². The summed E-state index contributed by atoms with van der Waals surface area (Å²) in [7, 11) is 0. The Morgan fingerprint density at radius 1 is 1.69 bits per heavy atom. The van der Waals surface area contributed by atoms with Gasteiger partial charge < -0.3 is 10.2 Å². The summed E-state index contributed by atoms with van der Waals surface area (Å²) in [5.41, 5.74) is 1.28. The second-order valence-electron chi connectivity index (χ2n) is 4.27. The third-order valence-corrected chi connectivity index (χ3v) is 3.76. The van der Waals surface area contributed by atoms with E-state index in [1.165, 1.54) is 5.56 Å². The van der Waals surface area contributed by atoms with E-state index in [4.69, 9.17) is 0 Å². The lowest BCUT2D eigenvalue weighted by Crippen LogP contribution is -2.52. The van der Waals surface area contributed by atoms with Crippen LogP contribution in [0.15, 0.2) is 16.8 Å². The van der Waals surface area contributed by atoms with Crippen LogP contribution >= 0.6 is 11.3 Å². The molecule has 2 heterocycles. The molecule has 0 aliphatic carbocycles. The van der Waals surface area contributed by atoms with Crippen molar-refractivity contribution in [2.45, 2.75) is 25.8 Å². The summed E-state index contributed by atoms with van der Waals surface area (Å²) < 4.78 is 0. The molecule has 1 atom stereocenters. The van der Waals surface area contributed by atoms with E-state index in [-0.39, 0.29) is 0 Å². The lowest BCUT2D eigenvalue weighted by molar-refractivity contribution is -0.133. The Morgan fingerprint density at radius 2 is 2.56 bits per heavy atom. The Balaban J connectivity index is 1.83. The zero-order chi connectivity index (χ0) is 11.4. The van der Waals surface area contributed by atoms with Crippen LogP contribution < -0.4 is 5.32 Å². The zero-order valence-corrected chi connectivity index (χ0v) is 10.4. The summed E-state index contributed by atoms with van der Waals surface area (Å²) >= 11 is 1.69. The molecule has 1 aromatic rings. The minimum atomic E-state index is 0.292. The lowest BCUT2D eigenvalue weighted by atomic mass is 10.1. The van der Waals surface area contributed by atoms with Gasteiger partial charge in [-0.25, -0.2) is 0 Å². The molecule has 3 nitrogen and oxygen atoms in total. The van der Waals surface area contributed by atoms with E-state index < -0.39 is 0 Å². The van der Waals surface area contributed by atoms with Gasteiger partial charge in [-0.05, 0) is 35.7 Å². The largest absolute Gasteiger partial charge is 0.337 e. The predicted molar refractivity (Wildman–Crippen MR) is 66.7 cm³/mol. The van der Waals surface area contributed by atoms with Crippen molar-refractivity contribution < 1.29 is 4.79 Å². The van der Waals surface area contributed by atoms with Crippen LogP contribution in [0.1, 0.15) is 18.9 Å². The van der Waals surface area contributed by atoms with Crippen molar-refractivity contribution in [3.63, 3.8) is 0 Å². The van der Waals surface area contributed by atoms with Crippen molar-refractivity contribution in [3.05, 3.63) is 22.4 Å². The smallest absolute Gasteiger partial charge is 0.223 e. The van der Waals surface area contributed by atoms with E-state index >= 15 is 0 Å². The summed E-state index contributed by atoms with van der Waals surface area (Å²) in [4.78, 5) is 14.0. The van der Waals surface area contributed by atoms with Gasteiger partial charge in [-0.2, -0.15) is 11.3 Å². The van der Waals surface area contributed by atoms with Gasteiger partial charge in [-0.3, -0.25) is 4.79 Å². The maximum absolute atomic E-state index is 12.0. The zero-order valence-electron chi connectivity index (χ0n) is 9.61. The SMILES string of the molecule is CC1CNCCN1C(=O)CCc1ccsc1. The molecule has 0 saturated carbocycles. The highest BCUT2D eigenvalue weighted by Gasteiger charge is 2.22. The number of hydrogen-bond donors (Lipinski definition) is 1. The van der Waals surface area contributed by atoms with Crippen LogP contribution in [0.2, 0.25) is 0 Å². The van der Waals surface area contributed by atoms with Crippen molar-refractivity contribution in [2.75, 3.05) is 19.6 Å². The third kappa shape index (κ3) is 2.83. The first kappa shape index (κ1) is 11.6. The summed E-state index contributed by atoms with van der Waals surface area (Å²) in [5, 5.41) is 7.48. The average Bonchev–Trinajstić information content (AvgIpc) is 2.79. The van der Waals surface area contributed by atoms with Gasteiger partial charge in [0, 0.05) is 32.1 Å². The first-order chi connectivity index (χ1) is 7.77. The van der Waals surface area contributed by atoms with Crippen LogP contribution in [-0.2, 0) is 11.2 Å². The highest BCUT2D eigenvalue weighted by atomic mass is 32.1. The second kappa shape index (κ2) is 5.46. The molecule has 0 radical (unpaired) electrons. The van der Waals surface area contributed by atoms with Crippen molar-refractivity contribution >= 4 is 17.2 Å². The molecule has 4 heteroatoms. The molecule has 1 unspecified atom stereocenters. The standard InChI is InChI=1S/C12H18N2OS/c1-10-8-13-5-6-14(10)12(15)3-2-11-4-7-16-9-11/h4,7,9-10,13H,2-3,5-6,8H2,1H3. The van der Waals surface area contributed by atoms with E-state index in [0.29, 0.717) is 18.4 Å². The Labute approximate surface area is 100 Å². The van der Waals surface area contributed by atoms with Crippen LogP contribution in [0, 0.1) is 0 Å². The third-order valence-electron chi connectivity index (χ3n) is 3.03. The number of nitrogens with one attached hydrogen (secondary N) is 1. The number of piperazine rings is 1. The van der Waals surface area contributed by atoms with E-state index in [2.05, 4.69) is 29.1 Å². The van der Waals surface area contributed by atoms with Gasteiger partial charge in [0.25, 0.3) is 0 Å². The summed E-state index contributed by atoms with van der Waals surface area (Å²) in [6, 6.07) is 2.43. The quantitative estimate of drug-likeness (QED) is 0.865. The first-order valence-corrected chi connectivity index (χ1v) is 6.73. The van der Waals surface area contributed by atoms with Gasteiger partial charge in [0.05, 0.1) is 0 Å². The van der Waals surface area contributed by atoms with Gasteiger partial charge in [0.1, 0.15) is 0 Å². The highest BCUT2D eigenvalue weighted by molar-refractivity contribution is 7.07. The molecule has 1 amide bonds. The lowest BCUT2D eigenvalue weighted by Gasteiger charge is -2.34. The molecule has 1 N–H and O–H groups in total. The fraction of sp³-hybridized carbons (Fsp3) is 0.583. The van der Waals surface area contributed by atoms with Crippen molar-refractivity contribution in [3.8, 4) is 0 Å². The minimum Gasteiger partial charge on any atom is -0.337 e. The summed E-state index contributed by atoms with van der Waals surface area (Å²) in [5.74, 6) is 0.292. The summed E-state index contributed by atoms with van der Waals surface area (Å²) in [6.45, 7) is 4.80. The molecule has 2 rings (SSSR count). The predicted octanol–water partition coefficient (Wildman–Crippen LogP) is 1.50. The molecule has 1 aliphatic heterocycles. The molecule has 16 heavy (non-hydrogen) atoms. The van der Waals surface area contributed by atoms with Crippen LogP contribution in [0.4, 0.5) is 0 Å². The van der Waals surface area contributed by atoms with Gasteiger partial charge >= 0.3 is 0 Å². The van der Waals surface area contributed by atoms with Crippen LogP contribution in [0.5, 0.6) is 0 Å². The molecule has 88 valence electrons. The Hall–Kier alpha value is -0.870. The molecule has 0 bridgehead atoms. The molecule has 1 fully saturated rings. The van der Waals surface area contributed by atoms with Gasteiger partial charge in [0.15, 0.2) is 0 Å². The molecule has 1 saturated heterocycles. The fourth-order valence-electron chi connectivity index (χ4n) is 2.04. The van der Waals surface area contributed by atoms with Crippen molar-refractivity contribution in [1.29, 1.82) is 0 Å². The number of amides is 1. The number of hydrogen-bond acceptors (Lipinski definition) is 3. The van der Waals surface area contributed by atoms with Crippen LogP contribution in [0.25, 0.3) is 0 Å². The Kier molecular flexibility index (Phi) is 3.96. The van der Waals surface area contributed by atoms with E-state index in [1.807, 2.05) is 4.90 Å². The number of rotatable bonds is 3. The monoisotopic (exact) mass is 238 g/mol. The minimum absolute atomic E-state index is 0.292. The number of thiophene rings is 1. The van der Waals surface area contributed by atoms with Crippen molar-refractivity contribution in [1.82, 2.24) is 10.2 Å². The number of carbonyl (C=O) groups is 1. The average molecular weight is 238 g/mol. The number of aryl methyl sites for hydroxylation is 1. The Bertz CT molecular complexity index is 337. The topological polar surface area (TPSA) is 32.3 Å². The highest BCUT2D eigenvalue weighted by Crippen LogP contribution is 2.11. The fourth-order valence-corrected chi connectivity index (χ4v) is 2.74. The molecular formula is C12H18N2OS. The number of nitrogens with zero attached hydrogens (tertiary/aromatic N) is 1. The van der Waals surface area contributed by atoms with Gasteiger partial charge in [-0.15, -0.1) is 0 Å².